The largest absolute Gasteiger partial charge is 0.493 e. The van der Waals surface area contributed by atoms with E-state index in [2.05, 4.69) is 67.9 Å². The zero-order chi connectivity index (χ0) is 13.6. The molecule has 0 spiro atoms. The lowest BCUT2D eigenvalue weighted by atomic mass is 9.86. The number of halogens is 1. The Balaban J connectivity index is 2.70. The molecule has 0 saturated heterocycles. The first-order chi connectivity index (χ1) is 8.56. The monoisotopic (exact) mass is 312 g/mol. The predicted molar refractivity (Wildman–Crippen MR) is 82.8 cm³/mol. The van der Waals surface area contributed by atoms with Crippen molar-refractivity contribution in [3.05, 3.63) is 29.8 Å². The number of hydrogen-bond donors (Lipinski definition) is 0. The number of ether oxygens (including phenoxy) is 1. The number of hydrogen-bond acceptors (Lipinski definition) is 1. The molecule has 1 aromatic carbocycles. The lowest BCUT2D eigenvalue weighted by Gasteiger charge is -2.29. The van der Waals surface area contributed by atoms with E-state index in [-0.39, 0.29) is 5.41 Å². The van der Waals surface area contributed by atoms with Gasteiger partial charge in [-0.15, -0.1) is 0 Å². The second-order valence-corrected chi connectivity index (χ2v) is 5.92. The lowest BCUT2D eigenvalue weighted by molar-refractivity contribution is 0.158. The maximum Gasteiger partial charge on any atom is 0.119 e. The molecule has 102 valence electrons. The topological polar surface area (TPSA) is 9.23 Å². The fourth-order valence-corrected chi connectivity index (χ4v) is 2.84. The summed E-state index contributed by atoms with van der Waals surface area (Å²) in [4.78, 5) is 0. The van der Waals surface area contributed by atoms with Gasteiger partial charge in [-0.25, -0.2) is 0 Å². The Morgan fingerprint density at radius 3 is 2.39 bits per heavy atom. The second-order valence-electron chi connectivity index (χ2n) is 5.36. The van der Waals surface area contributed by atoms with Crippen LogP contribution in [-0.4, -0.2) is 11.9 Å². The van der Waals surface area contributed by atoms with Crippen molar-refractivity contribution in [2.24, 2.45) is 5.41 Å². The summed E-state index contributed by atoms with van der Waals surface area (Å²) < 4.78 is 6.00. The van der Waals surface area contributed by atoms with Crippen molar-refractivity contribution in [3.63, 3.8) is 0 Å². The molecule has 18 heavy (non-hydrogen) atoms. The van der Waals surface area contributed by atoms with Gasteiger partial charge in [0.25, 0.3) is 0 Å². The third-order valence-corrected chi connectivity index (χ3v) is 5.04. The van der Waals surface area contributed by atoms with Crippen molar-refractivity contribution in [1.82, 2.24) is 0 Å². The van der Waals surface area contributed by atoms with Gasteiger partial charge in [0, 0.05) is 10.7 Å². The van der Waals surface area contributed by atoms with E-state index in [0.29, 0.717) is 5.92 Å². The highest BCUT2D eigenvalue weighted by molar-refractivity contribution is 9.09. The Labute approximate surface area is 120 Å². The van der Waals surface area contributed by atoms with Gasteiger partial charge in [-0.3, -0.25) is 0 Å². The van der Waals surface area contributed by atoms with Gasteiger partial charge in [0.15, 0.2) is 0 Å². The first kappa shape index (κ1) is 15.6. The molecule has 0 saturated carbocycles. The van der Waals surface area contributed by atoms with Crippen molar-refractivity contribution >= 4 is 15.9 Å². The summed E-state index contributed by atoms with van der Waals surface area (Å²) in [5.74, 6) is 1.54. The van der Waals surface area contributed by atoms with E-state index in [1.165, 1.54) is 5.56 Å². The zero-order valence-corrected chi connectivity index (χ0v) is 13.6. The van der Waals surface area contributed by atoms with Gasteiger partial charge in [-0.2, -0.15) is 0 Å². The number of benzene rings is 1. The van der Waals surface area contributed by atoms with Crippen LogP contribution in [0.1, 0.15) is 52.0 Å². The smallest absolute Gasteiger partial charge is 0.119 e. The van der Waals surface area contributed by atoms with Gasteiger partial charge in [0.2, 0.25) is 0 Å². The lowest BCUT2D eigenvalue weighted by Crippen LogP contribution is -2.29. The van der Waals surface area contributed by atoms with Crippen LogP contribution in [0, 0.1) is 5.41 Å². The molecule has 0 atom stereocenters. The molecule has 0 N–H and O–H groups in total. The molecule has 0 radical (unpaired) electrons. The van der Waals surface area contributed by atoms with E-state index < -0.39 is 0 Å². The van der Waals surface area contributed by atoms with E-state index in [1.807, 2.05) is 0 Å². The van der Waals surface area contributed by atoms with Crippen LogP contribution in [0.15, 0.2) is 24.3 Å². The number of alkyl halides is 1. The molecule has 1 nitrogen and oxygen atoms in total. The SMILES string of the molecule is CCC(CC)(CBr)COc1cccc(C(C)C)c1. The van der Waals surface area contributed by atoms with Crippen LogP contribution in [0.25, 0.3) is 0 Å². The van der Waals surface area contributed by atoms with Crippen molar-refractivity contribution in [1.29, 1.82) is 0 Å². The van der Waals surface area contributed by atoms with Gasteiger partial charge in [0.05, 0.1) is 6.61 Å². The van der Waals surface area contributed by atoms with Gasteiger partial charge < -0.3 is 4.74 Å². The molecule has 2 heteroatoms. The summed E-state index contributed by atoms with van der Waals surface area (Å²) >= 11 is 3.62. The quantitative estimate of drug-likeness (QED) is 0.613. The minimum Gasteiger partial charge on any atom is -0.493 e. The zero-order valence-electron chi connectivity index (χ0n) is 12.0. The minimum absolute atomic E-state index is 0.258. The highest BCUT2D eigenvalue weighted by atomic mass is 79.9. The van der Waals surface area contributed by atoms with Crippen LogP contribution in [-0.2, 0) is 0 Å². The molecule has 0 fully saturated rings. The van der Waals surface area contributed by atoms with Gasteiger partial charge in [-0.1, -0.05) is 55.8 Å². The highest BCUT2D eigenvalue weighted by Crippen LogP contribution is 2.30. The molecule has 0 unspecified atom stereocenters. The van der Waals surface area contributed by atoms with Crippen LogP contribution < -0.4 is 4.74 Å². The van der Waals surface area contributed by atoms with Crippen LogP contribution in [0.3, 0.4) is 0 Å². The van der Waals surface area contributed by atoms with E-state index in [1.54, 1.807) is 0 Å². The fourth-order valence-electron chi connectivity index (χ4n) is 1.88. The maximum absolute atomic E-state index is 6.00. The van der Waals surface area contributed by atoms with E-state index in [0.717, 1.165) is 30.5 Å². The molecule has 0 aliphatic heterocycles. The van der Waals surface area contributed by atoms with E-state index in [4.69, 9.17) is 4.74 Å². The molecule has 0 amide bonds. The van der Waals surface area contributed by atoms with Gasteiger partial charge in [0.1, 0.15) is 5.75 Å². The van der Waals surface area contributed by atoms with Crippen molar-refractivity contribution < 1.29 is 4.74 Å². The van der Waals surface area contributed by atoms with Crippen LogP contribution in [0.4, 0.5) is 0 Å². The van der Waals surface area contributed by atoms with Gasteiger partial charge in [-0.05, 0) is 36.5 Å². The minimum atomic E-state index is 0.258. The number of rotatable bonds is 7. The summed E-state index contributed by atoms with van der Waals surface area (Å²) in [5, 5.41) is 0.997. The Morgan fingerprint density at radius 2 is 1.89 bits per heavy atom. The summed E-state index contributed by atoms with van der Waals surface area (Å²) in [6.45, 7) is 9.67. The van der Waals surface area contributed by atoms with E-state index in [9.17, 15) is 0 Å². The van der Waals surface area contributed by atoms with Gasteiger partial charge >= 0.3 is 0 Å². The average Bonchev–Trinajstić information content (AvgIpc) is 2.41. The summed E-state index contributed by atoms with van der Waals surface area (Å²) in [5.41, 5.74) is 1.60. The molecule has 0 aromatic heterocycles. The molecular weight excluding hydrogens is 288 g/mol. The maximum atomic E-state index is 6.00. The normalized spacial score (nSPS) is 11.9. The van der Waals surface area contributed by atoms with Crippen molar-refractivity contribution in [2.45, 2.75) is 46.5 Å². The Morgan fingerprint density at radius 1 is 1.22 bits per heavy atom. The van der Waals surface area contributed by atoms with Crippen LogP contribution in [0.5, 0.6) is 5.75 Å². The van der Waals surface area contributed by atoms with Crippen LogP contribution >= 0.6 is 15.9 Å². The molecule has 0 aliphatic rings. The molecule has 0 heterocycles. The molecule has 0 bridgehead atoms. The fraction of sp³-hybridized carbons (Fsp3) is 0.625. The summed E-state index contributed by atoms with van der Waals surface area (Å²) in [7, 11) is 0. The second kappa shape index (κ2) is 7.18. The first-order valence-corrected chi connectivity index (χ1v) is 7.97. The first-order valence-electron chi connectivity index (χ1n) is 6.85. The highest BCUT2D eigenvalue weighted by Gasteiger charge is 2.25. The third-order valence-electron chi connectivity index (χ3n) is 3.85. The Bertz CT molecular complexity index is 348. The molecule has 0 aliphatic carbocycles. The molecule has 1 aromatic rings. The van der Waals surface area contributed by atoms with E-state index >= 15 is 0 Å². The Kier molecular flexibility index (Phi) is 6.20. The Hall–Kier alpha value is -0.500. The van der Waals surface area contributed by atoms with Crippen molar-refractivity contribution in [3.8, 4) is 5.75 Å². The summed E-state index contributed by atoms with van der Waals surface area (Å²) in [6, 6.07) is 8.46. The molecular formula is C16H25BrO. The average molecular weight is 313 g/mol. The predicted octanol–water partition coefficient (Wildman–Crippen LogP) is 5.39. The molecule has 1 rings (SSSR count). The standard InChI is InChI=1S/C16H25BrO/c1-5-16(6-2,11-17)12-18-15-9-7-8-14(10-15)13(3)4/h7-10,13H,5-6,11-12H2,1-4H3. The van der Waals surface area contributed by atoms with Crippen LogP contribution in [0.2, 0.25) is 0 Å². The third kappa shape index (κ3) is 4.01. The van der Waals surface area contributed by atoms with Crippen molar-refractivity contribution in [2.75, 3.05) is 11.9 Å². The summed E-state index contributed by atoms with van der Waals surface area (Å²) in [6.07, 6.45) is 2.28.